The zero-order valence-electron chi connectivity index (χ0n) is 33.3. The normalized spacial score (nSPS) is 13.7. The van der Waals surface area contributed by atoms with Crippen LogP contribution in [0.1, 0.15) is 36.5 Å². The van der Waals surface area contributed by atoms with Gasteiger partial charge in [0.2, 0.25) is 29.5 Å². The van der Waals surface area contributed by atoms with Crippen molar-refractivity contribution in [2.75, 3.05) is 13.1 Å². The van der Waals surface area contributed by atoms with E-state index in [0.29, 0.717) is 16.7 Å². The van der Waals surface area contributed by atoms with E-state index in [1.165, 1.54) is 42.5 Å². The van der Waals surface area contributed by atoms with Gasteiger partial charge in [-0.3, -0.25) is 33.8 Å². The van der Waals surface area contributed by atoms with Crippen LogP contribution in [0.4, 0.5) is 8.78 Å². The van der Waals surface area contributed by atoms with E-state index in [9.17, 15) is 62.8 Å². The largest absolute Gasteiger partial charge is 0.504 e. The summed E-state index contributed by atoms with van der Waals surface area (Å²) in [5.41, 5.74) is 17.7. The van der Waals surface area contributed by atoms with Gasteiger partial charge in [-0.15, -0.1) is 0 Å². The van der Waals surface area contributed by atoms with Crippen molar-refractivity contribution >= 4 is 47.4 Å². The van der Waals surface area contributed by atoms with Crippen LogP contribution in [-0.4, -0.2) is 111 Å². The monoisotopic (exact) mass is 869 g/mol. The molecule has 5 amide bonds. The number of carboxylic acid groups (broad SMARTS) is 2. The number of carbonyl (C=O) groups is 7. The Kier molecular flexibility index (Phi) is 18.5. The molecule has 6 atom stereocenters. The summed E-state index contributed by atoms with van der Waals surface area (Å²) in [6.07, 6.45) is -0.668. The number of carboxylic acids is 2. The van der Waals surface area contributed by atoms with E-state index >= 15 is 0 Å². The van der Waals surface area contributed by atoms with Gasteiger partial charge < -0.3 is 64.2 Å². The Bertz CT molecular complexity index is 2100. The number of halogens is 2. The molecule has 3 aromatic carbocycles. The van der Waals surface area contributed by atoms with Gasteiger partial charge in [0.05, 0.1) is 18.5 Å². The first kappa shape index (κ1) is 49.0. The van der Waals surface area contributed by atoms with Gasteiger partial charge in [-0.05, 0) is 79.3 Å². The molecule has 0 aromatic heterocycles. The van der Waals surface area contributed by atoms with Crippen LogP contribution in [0.15, 0.2) is 71.7 Å². The Balaban J connectivity index is 1.78. The summed E-state index contributed by atoms with van der Waals surface area (Å²) >= 11 is 0. The van der Waals surface area contributed by atoms with Crippen LogP contribution in [0.25, 0.3) is 0 Å². The summed E-state index contributed by atoms with van der Waals surface area (Å²) in [5, 5.41) is 50.6. The van der Waals surface area contributed by atoms with Gasteiger partial charge in [0, 0.05) is 19.4 Å². The molecule has 20 nitrogen and oxygen atoms in total. The summed E-state index contributed by atoms with van der Waals surface area (Å²) in [4.78, 5) is 94.9. The number of hydrogen-bond donors (Lipinski definition) is 12. The number of phenols is 2. The number of amides is 5. The molecule has 62 heavy (non-hydrogen) atoms. The molecule has 0 aliphatic carbocycles. The van der Waals surface area contributed by atoms with Gasteiger partial charge >= 0.3 is 11.9 Å². The number of hydrogen-bond acceptors (Lipinski definition) is 11. The molecule has 0 spiro atoms. The molecule has 334 valence electrons. The van der Waals surface area contributed by atoms with Crippen molar-refractivity contribution in [1.82, 2.24) is 26.6 Å². The molecule has 0 heterocycles. The van der Waals surface area contributed by atoms with Crippen LogP contribution in [0.5, 0.6) is 11.5 Å². The van der Waals surface area contributed by atoms with E-state index in [1.54, 1.807) is 0 Å². The summed E-state index contributed by atoms with van der Waals surface area (Å²) in [7, 11) is 0. The molecule has 0 saturated carbocycles. The zero-order chi connectivity index (χ0) is 46.1. The standard InChI is InChI=1S/C40H49F2N9O11/c1-20(38(59)60)33(51-36(57)29(17-22-6-11-25(42)12-7-22)50-34(55)26(43)15-23-8-13-30(52)31(53)18-23)37(58)47-19-32(54)48-28(16-21-4-9-24(41)10-5-21)35(56)49-27(39(61)62)3-2-14-46-40(44)45/h4-13,18,20,26-29,33,52-53H,2-3,14-17,19,43H2,1H3,(H,47,58)(H,48,54)(H,49,56)(H,50,55)(H,51,57)(H,59,60)(H,61,62)(H4,44,45,46). The number of nitrogens with zero attached hydrogens (tertiary/aromatic N) is 1. The Morgan fingerprint density at radius 2 is 1.16 bits per heavy atom. The molecule has 3 aromatic rings. The number of phenolic OH excluding ortho intramolecular Hbond substituents is 2. The average Bonchev–Trinajstić information content (AvgIpc) is 3.21. The van der Waals surface area contributed by atoms with Crippen LogP contribution in [-0.2, 0) is 52.8 Å². The fourth-order valence-electron chi connectivity index (χ4n) is 5.82. The van der Waals surface area contributed by atoms with Crippen LogP contribution in [0, 0.1) is 17.6 Å². The number of aliphatic imine (C=N–C) groups is 1. The van der Waals surface area contributed by atoms with Gasteiger partial charge in [-0.25, -0.2) is 13.6 Å². The molecule has 0 saturated heterocycles. The maximum absolute atomic E-state index is 13.8. The highest BCUT2D eigenvalue weighted by Gasteiger charge is 2.35. The SMILES string of the molecule is CC(C(=O)O)C(NC(=O)C(Cc1ccc(F)cc1)NC(=O)C(N)Cc1ccc(O)c(O)c1)C(=O)NCC(=O)NC(Cc1ccc(F)cc1)C(=O)NC(CCCN=C(N)N)C(=O)O. The van der Waals surface area contributed by atoms with Crippen LogP contribution in [0.2, 0.25) is 0 Å². The molecule has 3 rings (SSSR count). The number of rotatable bonds is 23. The van der Waals surface area contributed by atoms with E-state index in [1.807, 2.05) is 0 Å². The van der Waals surface area contributed by atoms with E-state index in [2.05, 4.69) is 31.6 Å². The molecule has 0 bridgehead atoms. The van der Waals surface area contributed by atoms with Gasteiger partial charge in [-0.2, -0.15) is 0 Å². The second-order valence-corrected chi connectivity index (χ2v) is 14.2. The topological polar surface area (TPSA) is 351 Å². The lowest BCUT2D eigenvalue weighted by Gasteiger charge is -2.26. The average molecular weight is 870 g/mol. The molecular formula is C40H49F2N9O11. The van der Waals surface area contributed by atoms with Crippen molar-refractivity contribution in [2.24, 2.45) is 28.1 Å². The quantitative estimate of drug-likeness (QED) is 0.0227. The second kappa shape index (κ2) is 23.4. The Morgan fingerprint density at radius 1 is 0.645 bits per heavy atom. The van der Waals surface area contributed by atoms with Gasteiger partial charge in [0.15, 0.2) is 17.5 Å². The number of aliphatic carboxylic acids is 2. The van der Waals surface area contributed by atoms with Crippen LogP contribution >= 0.6 is 0 Å². The van der Waals surface area contributed by atoms with Crippen LogP contribution < -0.4 is 43.8 Å². The lowest BCUT2D eigenvalue weighted by Crippen LogP contribution is -2.59. The zero-order valence-corrected chi connectivity index (χ0v) is 33.3. The lowest BCUT2D eigenvalue weighted by atomic mass is 9.99. The third-order valence-corrected chi connectivity index (χ3v) is 9.28. The minimum Gasteiger partial charge on any atom is -0.504 e. The maximum Gasteiger partial charge on any atom is 0.326 e. The van der Waals surface area contributed by atoms with E-state index in [-0.39, 0.29) is 44.6 Å². The Hall–Kier alpha value is -7.36. The summed E-state index contributed by atoms with van der Waals surface area (Å²) in [6.45, 7) is 0.262. The first-order valence-corrected chi connectivity index (χ1v) is 19.0. The van der Waals surface area contributed by atoms with Crippen LogP contribution in [0.3, 0.4) is 0 Å². The number of benzene rings is 3. The molecule has 0 fully saturated rings. The lowest BCUT2D eigenvalue weighted by molar-refractivity contribution is -0.146. The number of nitrogens with two attached hydrogens (primary N) is 3. The fourth-order valence-corrected chi connectivity index (χ4v) is 5.82. The molecule has 6 unspecified atom stereocenters. The third kappa shape index (κ3) is 16.0. The number of carbonyl (C=O) groups excluding carboxylic acids is 5. The molecular weight excluding hydrogens is 820 g/mol. The summed E-state index contributed by atoms with van der Waals surface area (Å²) in [5.74, 6) is -12.0. The van der Waals surface area contributed by atoms with E-state index < -0.39 is 107 Å². The van der Waals surface area contributed by atoms with E-state index in [4.69, 9.17) is 17.2 Å². The number of guanidine groups is 1. The highest BCUT2D eigenvalue weighted by atomic mass is 19.1. The Labute approximate surface area is 353 Å². The molecule has 15 N–H and O–H groups in total. The summed E-state index contributed by atoms with van der Waals surface area (Å²) < 4.78 is 27.3. The van der Waals surface area contributed by atoms with Crippen molar-refractivity contribution in [3.05, 3.63) is 95.1 Å². The molecule has 0 aliphatic heterocycles. The first-order chi connectivity index (χ1) is 29.2. The van der Waals surface area contributed by atoms with Crippen molar-refractivity contribution in [3.63, 3.8) is 0 Å². The predicted octanol–water partition coefficient (Wildman–Crippen LogP) is -1.35. The van der Waals surface area contributed by atoms with Crippen molar-refractivity contribution in [1.29, 1.82) is 0 Å². The smallest absolute Gasteiger partial charge is 0.326 e. The van der Waals surface area contributed by atoms with E-state index in [0.717, 1.165) is 31.2 Å². The minimum atomic E-state index is -1.87. The highest BCUT2D eigenvalue weighted by molar-refractivity contribution is 5.97. The van der Waals surface area contributed by atoms with Gasteiger partial charge in [-0.1, -0.05) is 30.3 Å². The highest BCUT2D eigenvalue weighted by Crippen LogP contribution is 2.25. The number of nitrogens with one attached hydrogen (secondary N) is 5. The fraction of sp³-hybridized carbons (Fsp3) is 0.350. The maximum atomic E-state index is 13.8. The van der Waals surface area contributed by atoms with Crippen molar-refractivity contribution in [2.45, 2.75) is 69.2 Å². The molecule has 0 radical (unpaired) electrons. The van der Waals surface area contributed by atoms with Crippen molar-refractivity contribution < 1.29 is 62.8 Å². The molecule has 0 aliphatic rings. The second-order valence-electron chi connectivity index (χ2n) is 14.2. The number of aromatic hydroxyl groups is 2. The third-order valence-electron chi connectivity index (χ3n) is 9.28. The first-order valence-electron chi connectivity index (χ1n) is 19.0. The van der Waals surface area contributed by atoms with Crippen molar-refractivity contribution in [3.8, 4) is 11.5 Å². The predicted molar refractivity (Wildman–Crippen MR) is 217 cm³/mol. The molecule has 22 heteroatoms. The van der Waals surface area contributed by atoms with Gasteiger partial charge in [0.25, 0.3) is 0 Å². The van der Waals surface area contributed by atoms with Gasteiger partial charge in [0.1, 0.15) is 35.8 Å². The summed E-state index contributed by atoms with van der Waals surface area (Å²) in [6, 6.07) is 5.82. The Morgan fingerprint density at radius 3 is 1.68 bits per heavy atom. The minimum absolute atomic E-state index is 0.0614.